The average molecular weight is 228 g/mol. The van der Waals surface area contributed by atoms with Gasteiger partial charge in [0.05, 0.1) is 7.11 Å². The Balaban J connectivity index is 3.05. The topological polar surface area (TPSA) is 33.1 Å². The largest absolute Gasteiger partial charge is 0.481 e. The highest BCUT2D eigenvalue weighted by molar-refractivity contribution is 9.10. The fraction of sp³-hybridized carbons (Fsp3) is 0.222. The standard InChI is InChI=1S/C9H10BrNO/c1-6-5-7(9(11)12-2)3-4-8(6)10/h3-5,11H,1-2H3. The van der Waals surface area contributed by atoms with Crippen LogP contribution in [0.25, 0.3) is 0 Å². The SMILES string of the molecule is COC(=N)c1ccc(Br)c(C)c1. The van der Waals surface area contributed by atoms with Gasteiger partial charge in [-0.3, -0.25) is 5.41 Å². The molecule has 0 saturated heterocycles. The minimum absolute atomic E-state index is 0.200. The molecule has 1 aromatic carbocycles. The predicted octanol–water partition coefficient (Wildman–Crippen LogP) is 2.73. The molecule has 2 nitrogen and oxygen atoms in total. The molecular weight excluding hydrogens is 218 g/mol. The van der Waals surface area contributed by atoms with Crippen LogP contribution in [0.4, 0.5) is 0 Å². The molecule has 0 amide bonds. The zero-order chi connectivity index (χ0) is 9.14. The Bertz CT molecular complexity index is 309. The van der Waals surface area contributed by atoms with Crippen molar-refractivity contribution >= 4 is 21.8 Å². The van der Waals surface area contributed by atoms with Gasteiger partial charge in [-0.2, -0.15) is 0 Å². The average Bonchev–Trinajstić information content (AvgIpc) is 2.08. The summed E-state index contributed by atoms with van der Waals surface area (Å²) in [6, 6.07) is 5.68. The first kappa shape index (κ1) is 9.26. The Hall–Kier alpha value is -0.830. The number of rotatable bonds is 1. The van der Waals surface area contributed by atoms with E-state index in [1.165, 1.54) is 7.11 Å². The Morgan fingerprint density at radius 3 is 2.67 bits per heavy atom. The Morgan fingerprint density at radius 1 is 1.50 bits per heavy atom. The molecule has 0 aromatic heterocycles. The van der Waals surface area contributed by atoms with Crippen LogP contribution in [-0.2, 0) is 4.74 Å². The minimum atomic E-state index is 0.200. The lowest BCUT2D eigenvalue weighted by atomic mass is 10.1. The van der Waals surface area contributed by atoms with E-state index in [1.54, 1.807) is 0 Å². The van der Waals surface area contributed by atoms with Crippen molar-refractivity contribution in [2.75, 3.05) is 7.11 Å². The smallest absolute Gasteiger partial charge is 0.212 e. The van der Waals surface area contributed by atoms with E-state index in [1.807, 2.05) is 25.1 Å². The Morgan fingerprint density at radius 2 is 2.17 bits per heavy atom. The van der Waals surface area contributed by atoms with Gasteiger partial charge in [-0.1, -0.05) is 15.9 Å². The number of ether oxygens (including phenoxy) is 1. The van der Waals surface area contributed by atoms with E-state index in [9.17, 15) is 0 Å². The van der Waals surface area contributed by atoms with E-state index in [-0.39, 0.29) is 5.90 Å². The first-order valence-corrected chi connectivity index (χ1v) is 4.33. The van der Waals surface area contributed by atoms with Crippen LogP contribution in [0.5, 0.6) is 0 Å². The third kappa shape index (κ3) is 1.85. The molecule has 12 heavy (non-hydrogen) atoms. The first-order chi connectivity index (χ1) is 5.65. The molecule has 1 aromatic rings. The predicted molar refractivity (Wildman–Crippen MR) is 52.7 cm³/mol. The van der Waals surface area contributed by atoms with Crippen molar-refractivity contribution in [2.45, 2.75) is 6.92 Å². The molecule has 0 spiro atoms. The fourth-order valence-electron chi connectivity index (χ4n) is 0.904. The van der Waals surface area contributed by atoms with Gasteiger partial charge in [0.1, 0.15) is 0 Å². The van der Waals surface area contributed by atoms with Gasteiger partial charge in [0, 0.05) is 10.0 Å². The summed E-state index contributed by atoms with van der Waals surface area (Å²) in [6.45, 7) is 1.98. The molecule has 0 aliphatic rings. The first-order valence-electron chi connectivity index (χ1n) is 3.54. The maximum atomic E-state index is 7.41. The Labute approximate surface area is 80.2 Å². The van der Waals surface area contributed by atoms with E-state index < -0.39 is 0 Å². The maximum absolute atomic E-state index is 7.41. The number of hydrogen-bond acceptors (Lipinski definition) is 2. The van der Waals surface area contributed by atoms with E-state index in [0.29, 0.717) is 0 Å². The van der Waals surface area contributed by atoms with E-state index in [0.717, 1.165) is 15.6 Å². The van der Waals surface area contributed by atoms with Crippen LogP contribution < -0.4 is 0 Å². The third-order valence-electron chi connectivity index (χ3n) is 1.62. The van der Waals surface area contributed by atoms with Crippen LogP contribution in [0.2, 0.25) is 0 Å². The second-order valence-electron chi connectivity index (χ2n) is 2.50. The summed E-state index contributed by atoms with van der Waals surface area (Å²) in [5.41, 5.74) is 1.91. The zero-order valence-corrected chi connectivity index (χ0v) is 8.60. The summed E-state index contributed by atoms with van der Waals surface area (Å²) >= 11 is 3.39. The molecule has 0 heterocycles. The van der Waals surface area contributed by atoms with Crippen LogP contribution in [0.3, 0.4) is 0 Å². The normalized spacial score (nSPS) is 9.58. The van der Waals surface area contributed by atoms with E-state index >= 15 is 0 Å². The highest BCUT2D eigenvalue weighted by Crippen LogP contribution is 2.17. The zero-order valence-electron chi connectivity index (χ0n) is 7.02. The number of halogens is 1. The molecule has 0 aliphatic carbocycles. The van der Waals surface area contributed by atoms with Crippen molar-refractivity contribution in [3.05, 3.63) is 33.8 Å². The Kier molecular flexibility index (Phi) is 2.87. The molecule has 3 heteroatoms. The molecule has 0 unspecified atom stereocenters. The molecule has 0 aliphatic heterocycles. The molecule has 0 atom stereocenters. The number of hydrogen-bond donors (Lipinski definition) is 1. The van der Waals surface area contributed by atoms with Crippen LogP contribution in [-0.4, -0.2) is 13.0 Å². The quantitative estimate of drug-likeness (QED) is 0.581. The van der Waals surface area contributed by atoms with Crippen molar-refractivity contribution in [3.63, 3.8) is 0 Å². The summed E-state index contributed by atoms with van der Waals surface area (Å²) in [5.74, 6) is 0.200. The highest BCUT2D eigenvalue weighted by Gasteiger charge is 2.01. The summed E-state index contributed by atoms with van der Waals surface area (Å²) < 4.78 is 5.85. The van der Waals surface area contributed by atoms with Gasteiger partial charge in [-0.15, -0.1) is 0 Å². The minimum Gasteiger partial charge on any atom is -0.481 e. The highest BCUT2D eigenvalue weighted by atomic mass is 79.9. The van der Waals surface area contributed by atoms with Crippen molar-refractivity contribution in [2.24, 2.45) is 0 Å². The van der Waals surface area contributed by atoms with Gasteiger partial charge >= 0.3 is 0 Å². The van der Waals surface area contributed by atoms with Gasteiger partial charge in [-0.05, 0) is 30.7 Å². The fourth-order valence-corrected chi connectivity index (χ4v) is 1.15. The summed E-state index contributed by atoms with van der Waals surface area (Å²) in [4.78, 5) is 0. The monoisotopic (exact) mass is 227 g/mol. The lowest BCUT2D eigenvalue weighted by molar-refractivity contribution is 0.401. The molecule has 1 N–H and O–H groups in total. The van der Waals surface area contributed by atoms with Crippen LogP contribution in [0.15, 0.2) is 22.7 Å². The lowest BCUT2D eigenvalue weighted by Crippen LogP contribution is -2.01. The number of aryl methyl sites for hydroxylation is 1. The summed E-state index contributed by atoms with van der Waals surface area (Å²) in [6.07, 6.45) is 0. The van der Waals surface area contributed by atoms with Crippen molar-refractivity contribution in [3.8, 4) is 0 Å². The molecule has 0 fully saturated rings. The molecule has 1 rings (SSSR count). The van der Waals surface area contributed by atoms with E-state index in [2.05, 4.69) is 15.9 Å². The maximum Gasteiger partial charge on any atom is 0.212 e. The molecule has 0 radical (unpaired) electrons. The second kappa shape index (κ2) is 3.72. The van der Waals surface area contributed by atoms with Gasteiger partial charge in [0.25, 0.3) is 0 Å². The summed E-state index contributed by atoms with van der Waals surface area (Å²) in [5, 5.41) is 7.41. The van der Waals surface area contributed by atoms with Gasteiger partial charge in [-0.25, -0.2) is 0 Å². The number of methoxy groups -OCH3 is 1. The van der Waals surface area contributed by atoms with Crippen LogP contribution in [0, 0.1) is 12.3 Å². The third-order valence-corrected chi connectivity index (χ3v) is 2.51. The molecule has 0 saturated carbocycles. The molecular formula is C9H10BrNO. The second-order valence-corrected chi connectivity index (χ2v) is 3.35. The lowest BCUT2D eigenvalue weighted by Gasteiger charge is -2.03. The van der Waals surface area contributed by atoms with Gasteiger partial charge in [0.2, 0.25) is 5.90 Å². The number of nitrogens with one attached hydrogen (secondary N) is 1. The van der Waals surface area contributed by atoms with Crippen LogP contribution in [0.1, 0.15) is 11.1 Å². The molecule has 64 valence electrons. The van der Waals surface area contributed by atoms with Crippen molar-refractivity contribution in [1.29, 1.82) is 5.41 Å². The van der Waals surface area contributed by atoms with Gasteiger partial charge in [0.15, 0.2) is 0 Å². The van der Waals surface area contributed by atoms with Crippen LogP contribution >= 0.6 is 15.9 Å². The number of benzene rings is 1. The van der Waals surface area contributed by atoms with Gasteiger partial charge < -0.3 is 4.74 Å². The van der Waals surface area contributed by atoms with Crippen molar-refractivity contribution in [1.82, 2.24) is 0 Å². The van der Waals surface area contributed by atoms with E-state index in [4.69, 9.17) is 10.1 Å². The van der Waals surface area contributed by atoms with Crippen molar-refractivity contribution < 1.29 is 4.74 Å². The summed E-state index contributed by atoms with van der Waals surface area (Å²) in [7, 11) is 1.50. The molecule has 0 bridgehead atoms.